The summed E-state index contributed by atoms with van der Waals surface area (Å²) in [6.07, 6.45) is 0. The monoisotopic (exact) mass is 277 g/mol. The first-order valence-corrected chi connectivity index (χ1v) is 3.86. The summed E-state index contributed by atoms with van der Waals surface area (Å²) in [5.41, 5.74) is 0. The van der Waals surface area contributed by atoms with E-state index in [0.29, 0.717) is 0 Å². The van der Waals surface area contributed by atoms with E-state index in [0.717, 1.165) is 15.2 Å². The van der Waals surface area contributed by atoms with Crippen LogP contribution in [0.1, 0.15) is 13.8 Å². The number of rotatable bonds is 2. The first-order chi connectivity index (χ1) is 2.41. The second-order valence-corrected chi connectivity index (χ2v) is 3.32. The molecule has 0 N–H and O–H groups in total. The van der Waals surface area contributed by atoms with Gasteiger partial charge in [-0.2, -0.15) is 0 Å². The zero-order valence-corrected chi connectivity index (χ0v) is 12.1. The minimum Gasteiger partial charge on any atom is -0.147 e. The largest absolute Gasteiger partial charge is 0.198 e. The maximum Gasteiger partial charge on any atom is 0.198 e. The normalized spacial score (nSPS) is 3.80. The van der Waals surface area contributed by atoms with Crippen LogP contribution in [0.4, 0.5) is 0 Å². The Morgan fingerprint density at radius 3 is 1.00 bits per heavy atom. The van der Waals surface area contributed by atoms with Crippen molar-refractivity contribution in [2.75, 3.05) is 0 Å². The third kappa shape index (κ3) is 47.4. The van der Waals surface area contributed by atoms with Crippen LogP contribution in [0.2, 0.25) is 10.6 Å². The second-order valence-electron chi connectivity index (χ2n) is 1.11. The molecule has 0 heterocycles. The molecule has 0 spiro atoms. The van der Waals surface area contributed by atoms with E-state index in [1.807, 2.05) is 0 Å². The predicted molar refractivity (Wildman–Crippen MR) is 55.7 cm³/mol. The van der Waals surface area contributed by atoms with Gasteiger partial charge in [-0.1, -0.05) is 13.8 Å². The summed E-state index contributed by atoms with van der Waals surface area (Å²) in [4.78, 5) is 0. The number of hydrogen-bond donors (Lipinski definition) is 0. The molecule has 0 aliphatic carbocycles. The van der Waals surface area contributed by atoms with Gasteiger partial charge in [0.25, 0.3) is 0 Å². The van der Waals surface area contributed by atoms with Crippen LogP contribution in [-0.4, -0.2) is 15.2 Å². The predicted octanol–water partition coefficient (Wildman–Crippen LogP) is 3.25. The van der Waals surface area contributed by atoms with E-state index in [-0.39, 0.29) is 71.3 Å². The molecule has 0 unspecified atom stereocenters. The molecule has 0 atom stereocenters. The summed E-state index contributed by atoms with van der Waals surface area (Å²) in [6, 6.07) is 0. The minimum atomic E-state index is 0. The van der Waals surface area contributed by atoms with E-state index in [2.05, 4.69) is 13.8 Å². The van der Waals surface area contributed by atoms with Crippen LogP contribution in [0.3, 0.4) is 0 Å². The van der Waals surface area contributed by atoms with Crippen molar-refractivity contribution in [1.82, 2.24) is 0 Å². The van der Waals surface area contributed by atoms with Gasteiger partial charge < -0.3 is 0 Å². The topological polar surface area (TPSA) is 0 Å². The van der Waals surface area contributed by atoms with E-state index in [1.54, 1.807) is 0 Å². The van der Waals surface area contributed by atoms with Crippen LogP contribution in [0.25, 0.3) is 0 Å². The van der Waals surface area contributed by atoms with E-state index in [9.17, 15) is 0 Å². The molecule has 65 valence electrons. The van der Waals surface area contributed by atoms with Crippen molar-refractivity contribution in [2.45, 2.75) is 24.4 Å². The molecule has 10 heavy (non-hydrogen) atoms. The average molecular weight is 279 g/mol. The molecule has 0 saturated heterocycles. The van der Waals surface area contributed by atoms with Crippen LogP contribution < -0.4 is 0 Å². The van der Waals surface area contributed by atoms with Gasteiger partial charge in [-0.25, -0.2) is 0 Å². The van der Waals surface area contributed by atoms with Crippen molar-refractivity contribution in [2.24, 2.45) is 0 Å². The number of hydrogen-bond acceptors (Lipinski definition) is 0. The minimum absolute atomic E-state index is 0. The summed E-state index contributed by atoms with van der Waals surface area (Å²) in [6.45, 7) is 4.50. The van der Waals surface area contributed by atoms with Crippen LogP contribution in [0.15, 0.2) is 0 Å². The van der Waals surface area contributed by atoms with E-state index >= 15 is 0 Å². The Morgan fingerprint density at radius 1 is 0.800 bits per heavy atom. The van der Waals surface area contributed by atoms with Crippen LogP contribution in [0.5, 0.6) is 0 Å². The van der Waals surface area contributed by atoms with Crippen molar-refractivity contribution < 1.29 is 21.7 Å². The molecule has 6 heteroatoms. The Labute approximate surface area is 110 Å². The fraction of sp³-hybridized carbons (Fsp3) is 1.00. The van der Waals surface area contributed by atoms with Crippen molar-refractivity contribution >= 4 is 64.8 Å². The van der Waals surface area contributed by atoms with Crippen molar-refractivity contribution in [3.05, 3.63) is 0 Å². The Kier molecular flexibility index (Phi) is 166. The molecule has 0 amide bonds. The molecule has 0 nitrogen and oxygen atoms in total. The van der Waals surface area contributed by atoms with Crippen molar-refractivity contribution in [1.29, 1.82) is 0 Å². The van der Waals surface area contributed by atoms with Crippen molar-refractivity contribution in [3.8, 4) is 0 Å². The molecule has 0 aliphatic heterocycles. The van der Waals surface area contributed by atoms with Gasteiger partial charge in [-0.05, 0) is 0 Å². The van der Waals surface area contributed by atoms with E-state index < -0.39 is 0 Å². The number of halogens is 4. The van der Waals surface area contributed by atoms with Gasteiger partial charge in [0.15, 0.2) is 15.2 Å². The standard InChI is InChI=1S/2C2H5.Al.4ClH.Ti/c2*1-2;;;;;;/h2*1H2,2H3;;4*1H;. The Morgan fingerprint density at radius 2 is 1.00 bits per heavy atom. The smallest absolute Gasteiger partial charge is 0.147 e. The zero-order valence-electron chi connectivity index (χ0n) is 6.12. The van der Waals surface area contributed by atoms with Gasteiger partial charge in [0.1, 0.15) is 0 Å². The van der Waals surface area contributed by atoms with Gasteiger partial charge >= 0.3 is 0 Å². The average Bonchev–Trinajstić information content (AvgIpc) is 1.41. The van der Waals surface area contributed by atoms with Crippen molar-refractivity contribution in [3.63, 3.8) is 0 Å². The third-order valence-electron chi connectivity index (χ3n) is 0.577. The first kappa shape index (κ1) is 39.3. The molecule has 0 aromatic rings. The molecule has 0 aromatic carbocycles. The molecular formula is C4H14AlCl4Ti. The molecular weight excluding hydrogens is 265 g/mol. The third-order valence-corrected chi connectivity index (χ3v) is 1.73. The fourth-order valence-corrected chi connectivity index (χ4v) is 0.866. The van der Waals surface area contributed by atoms with Gasteiger partial charge in [-0.3, -0.25) is 0 Å². The molecule has 0 aromatic heterocycles. The first-order valence-electron chi connectivity index (χ1n) is 2.23. The van der Waals surface area contributed by atoms with Crippen LogP contribution in [-0.2, 0) is 21.7 Å². The molecule has 0 aliphatic rings. The summed E-state index contributed by atoms with van der Waals surface area (Å²) < 4.78 is 0. The Hall–Kier alpha value is 2.41. The summed E-state index contributed by atoms with van der Waals surface area (Å²) in [7, 11) is 0. The van der Waals surface area contributed by atoms with Gasteiger partial charge in [-0.15, -0.1) is 60.2 Å². The Bertz CT molecular complexity index is 24.7. The molecule has 0 bridgehead atoms. The SMILES string of the molecule is C[CH2][Al][CH2]C.Cl.Cl.Cl.Cl.[Ti]. The Balaban J connectivity index is -0.00000000800. The maximum absolute atomic E-state index is 2.25. The van der Waals surface area contributed by atoms with E-state index in [4.69, 9.17) is 0 Å². The van der Waals surface area contributed by atoms with Crippen LogP contribution in [0, 0.1) is 0 Å². The fourth-order valence-electron chi connectivity index (χ4n) is 0.289. The van der Waals surface area contributed by atoms with Gasteiger partial charge in [0.05, 0.1) is 0 Å². The maximum atomic E-state index is 2.25. The molecule has 0 fully saturated rings. The summed E-state index contributed by atoms with van der Waals surface area (Å²) in [5.74, 6) is 0. The van der Waals surface area contributed by atoms with Gasteiger partial charge in [0, 0.05) is 21.7 Å². The molecule has 0 saturated carbocycles. The quantitative estimate of drug-likeness (QED) is 0.680. The van der Waals surface area contributed by atoms with Gasteiger partial charge in [0.2, 0.25) is 0 Å². The zero-order chi connectivity index (χ0) is 4.12. The summed E-state index contributed by atoms with van der Waals surface area (Å²) >= 11 is 0.815. The molecule has 1 radical (unpaired) electrons. The molecule has 0 rings (SSSR count). The van der Waals surface area contributed by atoms with E-state index in [1.165, 1.54) is 10.6 Å². The summed E-state index contributed by atoms with van der Waals surface area (Å²) in [5, 5.41) is 2.85. The second kappa shape index (κ2) is 42.3. The van der Waals surface area contributed by atoms with Crippen LogP contribution >= 0.6 is 49.6 Å².